The van der Waals surface area contributed by atoms with Crippen molar-refractivity contribution in [1.82, 2.24) is 10.2 Å². The first-order valence-electron chi connectivity index (χ1n) is 10.8. The van der Waals surface area contributed by atoms with Crippen LogP contribution in [0.4, 0.5) is 10.1 Å². The van der Waals surface area contributed by atoms with Crippen LogP contribution in [0.25, 0.3) is 0 Å². The maximum atomic E-state index is 14.4. The molecule has 0 radical (unpaired) electrons. The standard InChI is InChI=1S/C24H32FN3O4S/c1-18(2)16-26-24(30)19(3)27(15-14-20-10-6-5-7-11-20)23(29)17-28(33(4,31)32)22-13-9-8-12-21(22)25/h5-13,18-19H,14-17H2,1-4H3,(H,26,30). The Labute approximate surface area is 195 Å². The van der Waals surface area contributed by atoms with Crippen molar-refractivity contribution in [2.24, 2.45) is 5.92 Å². The second kappa shape index (κ2) is 11.8. The van der Waals surface area contributed by atoms with E-state index in [4.69, 9.17) is 0 Å². The van der Waals surface area contributed by atoms with Crippen molar-refractivity contribution >= 4 is 27.5 Å². The number of hydrogen-bond acceptors (Lipinski definition) is 4. The molecule has 0 aliphatic carbocycles. The van der Waals surface area contributed by atoms with Gasteiger partial charge in [0, 0.05) is 13.1 Å². The molecule has 0 aliphatic rings. The fourth-order valence-electron chi connectivity index (χ4n) is 3.27. The van der Waals surface area contributed by atoms with Gasteiger partial charge in [0.2, 0.25) is 21.8 Å². The lowest BCUT2D eigenvalue weighted by atomic mass is 10.1. The van der Waals surface area contributed by atoms with Crippen LogP contribution in [0.1, 0.15) is 26.3 Å². The number of anilines is 1. The summed E-state index contributed by atoms with van der Waals surface area (Å²) in [5, 5.41) is 2.82. The topological polar surface area (TPSA) is 86.8 Å². The molecule has 0 aliphatic heterocycles. The van der Waals surface area contributed by atoms with E-state index < -0.39 is 34.3 Å². The molecule has 7 nitrogen and oxygen atoms in total. The van der Waals surface area contributed by atoms with E-state index in [-0.39, 0.29) is 24.1 Å². The van der Waals surface area contributed by atoms with E-state index in [2.05, 4.69) is 5.32 Å². The zero-order valence-electron chi connectivity index (χ0n) is 19.5. The summed E-state index contributed by atoms with van der Waals surface area (Å²) in [7, 11) is -3.96. The number of nitrogens with one attached hydrogen (secondary N) is 1. The molecular weight excluding hydrogens is 445 g/mol. The smallest absolute Gasteiger partial charge is 0.244 e. The SMILES string of the molecule is CC(C)CNC(=O)C(C)N(CCc1ccccc1)C(=O)CN(c1ccccc1F)S(C)(=O)=O. The Morgan fingerprint density at radius 1 is 1.00 bits per heavy atom. The number of carbonyl (C=O) groups is 2. The maximum absolute atomic E-state index is 14.4. The number of carbonyl (C=O) groups excluding carboxylic acids is 2. The van der Waals surface area contributed by atoms with Crippen LogP contribution in [0.3, 0.4) is 0 Å². The average molecular weight is 478 g/mol. The molecule has 1 atom stereocenters. The van der Waals surface area contributed by atoms with Gasteiger partial charge < -0.3 is 10.2 Å². The lowest BCUT2D eigenvalue weighted by Gasteiger charge is -2.31. The van der Waals surface area contributed by atoms with E-state index in [9.17, 15) is 22.4 Å². The zero-order valence-corrected chi connectivity index (χ0v) is 20.3. The van der Waals surface area contributed by atoms with Gasteiger partial charge in [0.15, 0.2) is 0 Å². The molecule has 2 aromatic carbocycles. The number of sulfonamides is 1. The molecule has 0 saturated carbocycles. The van der Waals surface area contributed by atoms with Crippen LogP contribution in [0.5, 0.6) is 0 Å². The highest BCUT2D eigenvalue weighted by Crippen LogP contribution is 2.22. The Bertz CT molecular complexity index is 1040. The maximum Gasteiger partial charge on any atom is 0.244 e. The van der Waals surface area contributed by atoms with Crippen LogP contribution in [0.15, 0.2) is 54.6 Å². The van der Waals surface area contributed by atoms with Crippen LogP contribution in [-0.2, 0) is 26.0 Å². The summed E-state index contributed by atoms with van der Waals surface area (Å²) in [6.45, 7) is 5.56. The molecule has 1 unspecified atom stereocenters. The predicted molar refractivity (Wildman–Crippen MR) is 128 cm³/mol. The van der Waals surface area contributed by atoms with Crippen LogP contribution in [0, 0.1) is 11.7 Å². The molecule has 0 aromatic heterocycles. The van der Waals surface area contributed by atoms with Crippen molar-refractivity contribution in [3.8, 4) is 0 Å². The van der Waals surface area contributed by atoms with Crippen LogP contribution >= 0.6 is 0 Å². The van der Waals surface area contributed by atoms with E-state index in [0.717, 1.165) is 22.2 Å². The Kier molecular flexibility index (Phi) is 9.40. The monoisotopic (exact) mass is 477 g/mol. The molecule has 0 heterocycles. The van der Waals surface area contributed by atoms with E-state index in [1.165, 1.54) is 23.1 Å². The first-order chi connectivity index (χ1) is 15.5. The third-order valence-electron chi connectivity index (χ3n) is 5.14. The van der Waals surface area contributed by atoms with Crippen molar-refractivity contribution in [1.29, 1.82) is 0 Å². The van der Waals surface area contributed by atoms with Gasteiger partial charge in [-0.2, -0.15) is 0 Å². The van der Waals surface area contributed by atoms with Crippen molar-refractivity contribution in [2.75, 3.05) is 30.2 Å². The van der Waals surface area contributed by atoms with Gasteiger partial charge in [0.05, 0.1) is 11.9 Å². The fourth-order valence-corrected chi connectivity index (χ4v) is 4.12. The molecule has 2 rings (SSSR count). The largest absolute Gasteiger partial charge is 0.354 e. The third kappa shape index (κ3) is 7.85. The van der Waals surface area contributed by atoms with Crippen molar-refractivity contribution in [3.05, 3.63) is 66.0 Å². The molecule has 9 heteroatoms. The lowest BCUT2D eigenvalue weighted by Crippen LogP contribution is -2.52. The summed E-state index contributed by atoms with van der Waals surface area (Å²) in [6, 6.07) is 14.0. The minimum Gasteiger partial charge on any atom is -0.354 e. The first kappa shape index (κ1) is 26.3. The molecule has 0 spiro atoms. The van der Waals surface area contributed by atoms with Crippen molar-refractivity contribution < 1.29 is 22.4 Å². The van der Waals surface area contributed by atoms with Crippen LogP contribution in [0.2, 0.25) is 0 Å². The number of nitrogens with zero attached hydrogens (tertiary/aromatic N) is 2. The highest BCUT2D eigenvalue weighted by atomic mass is 32.2. The van der Waals surface area contributed by atoms with Crippen molar-refractivity contribution in [2.45, 2.75) is 33.2 Å². The highest BCUT2D eigenvalue weighted by Gasteiger charge is 2.30. The molecule has 0 saturated heterocycles. The molecular formula is C24H32FN3O4S. The number of hydrogen-bond donors (Lipinski definition) is 1. The number of para-hydroxylation sites is 1. The van der Waals surface area contributed by atoms with Gasteiger partial charge >= 0.3 is 0 Å². The minimum absolute atomic E-state index is 0.202. The quantitative estimate of drug-likeness (QED) is 0.539. The number of halogens is 1. The second-order valence-corrected chi connectivity index (χ2v) is 10.3. The zero-order chi connectivity index (χ0) is 24.6. The van der Waals surface area contributed by atoms with Gasteiger partial charge in [0.25, 0.3) is 0 Å². The molecule has 33 heavy (non-hydrogen) atoms. The Balaban J connectivity index is 2.29. The molecule has 180 valence electrons. The molecule has 2 amide bonds. The number of benzene rings is 2. The number of rotatable bonds is 11. The Morgan fingerprint density at radius 3 is 2.18 bits per heavy atom. The summed E-state index contributed by atoms with van der Waals surface area (Å²) in [5.41, 5.74) is 0.757. The normalized spacial score (nSPS) is 12.3. The second-order valence-electron chi connectivity index (χ2n) is 8.36. The van der Waals surface area contributed by atoms with E-state index >= 15 is 0 Å². The molecule has 0 fully saturated rings. The van der Waals surface area contributed by atoms with Crippen LogP contribution < -0.4 is 9.62 Å². The Morgan fingerprint density at radius 2 is 1.61 bits per heavy atom. The number of amides is 2. The van der Waals surface area contributed by atoms with E-state index in [1.54, 1.807) is 6.92 Å². The van der Waals surface area contributed by atoms with E-state index in [1.807, 2.05) is 44.2 Å². The summed E-state index contributed by atoms with van der Waals surface area (Å²) in [4.78, 5) is 27.4. The summed E-state index contributed by atoms with van der Waals surface area (Å²) in [5.74, 6) is -1.44. The Hall–Kier alpha value is -2.94. The molecule has 2 aromatic rings. The fraction of sp³-hybridized carbons (Fsp3) is 0.417. The predicted octanol–water partition coefficient (Wildman–Crippen LogP) is 2.82. The summed E-state index contributed by atoms with van der Waals surface area (Å²) >= 11 is 0. The minimum atomic E-state index is -3.96. The van der Waals surface area contributed by atoms with Gasteiger partial charge in [-0.05, 0) is 37.0 Å². The summed E-state index contributed by atoms with van der Waals surface area (Å²) in [6.07, 6.45) is 1.40. The van der Waals surface area contributed by atoms with Crippen molar-refractivity contribution in [3.63, 3.8) is 0 Å². The van der Waals surface area contributed by atoms with Gasteiger partial charge in [-0.15, -0.1) is 0 Å². The third-order valence-corrected chi connectivity index (χ3v) is 6.26. The molecule has 1 N–H and O–H groups in total. The van der Waals surface area contributed by atoms with Gasteiger partial charge in [-0.1, -0.05) is 56.3 Å². The van der Waals surface area contributed by atoms with E-state index in [0.29, 0.717) is 13.0 Å². The first-order valence-corrected chi connectivity index (χ1v) is 12.7. The van der Waals surface area contributed by atoms with Gasteiger partial charge in [-0.25, -0.2) is 12.8 Å². The van der Waals surface area contributed by atoms with Crippen LogP contribution in [-0.4, -0.2) is 57.1 Å². The molecule has 0 bridgehead atoms. The highest BCUT2D eigenvalue weighted by molar-refractivity contribution is 7.92. The average Bonchev–Trinajstić information content (AvgIpc) is 2.76. The van der Waals surface area contributed by atoms with Gasteiger partial charge in [0.1, 0.15) is 18.4 Å². The van der Waals surface area contributed by atoms with Gasteiger partial charge in [-0.3, -0.25) is 13.9 Å². The summed E-state index contributed by atoms with van der Waals surface area (Å²) < 4.78 is 39.9. The lowest BCUT2D eigenvalue weighted by molar-refractivity contribution is -0.138.